The minimum Gasteiger partial charge on any atom is -0.493 e. The Hall–Kier alpha value is -4.00. The summed E-state index contributed by atoms with van der Waals surface area (Å²) >= 11 is 0. The van der Waals surface area contributed by atoms with Crippen LogP contribution < -0.4 is 14.8 Å². The molecule has 0 fully saturated rings. The Morgan fingerprint density at radius 2 is 1.78 bits per heavy atom. The van der Waals surface area contributed by atoms with Crippen LogP contribution in [0.5, 0.6) is 11.5 Å². The molecule has 3 aromatic rings. The van der Waals surface area contributed by atoms with Gasteiger partial charge in [-0.1, -0.05) is 37.3 Å². The lowest BCUT2D eigenvalue weighted by atomic mass is 10.1. The van der Waals surface area contributed by atoms with Crippen molar-refractivity contribution in [1.82, 2.24) is 9.80 Å². The van der Waals surface area contributed by atoms with Gasteiger partial charge in [0, 0.05) is 42.5 Å². The fourth-order valence-corrected chi connectivity index (χ4v) is 4.55. The lowest BCUT2D eigenvalue weighted by molar-refractivity contribution is 0.0741. The van der Waals surface area contributed by atoms with E-state index in [1.165, 1.54) is 0 Å². The Labute approximate surface area is 212 Å². The monoisotopic (exact) mass is 487 g/mol. The average Bonchev–Trinajstić information content (AvgIpc) is 3.17. The first-order valence-electron chi connectivity index (χ1n) is 12.2. The van der Waals surface area contributed by atoms with Crippen LogP contribution in [0.4, 0.5) is 5.69 Å². The van der Waals surface area contributed by atoms with Crippen LogP contribution in [0.1, 0.15) is 51.4 Å². The van der Waals surface area contributed by atoms with E-state index in [0.717, 1.165) is 28.8 Å². The predicted octanol–water partition coefficient (Wildman–Crippen LogP) is 5.00. The molecule has 4 rings (SSSR count). The van der Waals surface area contributed by atoms with Crippen LogP contribution in [0, 0.1) is 0 Å². The summed E-state index contributed by atoms with van der Waals surface area (Å²) in [6.45, 7) is 3.27. The smallest absolute Gasteiger partial charge is 0.256 e. The lowest BCUT2D eigenvalue weighted by Crippen LogP contribution is -2.33. The number of methoxy groups -OCH3 is 2. The minimum atomic E-state index is -0.262. The normalized spacial score (nSPS) is 14.4. The second-order valence-corrected chi connectivity index (χ2v) is 8.88. The molecule has 7 heteroatoms. The zero-order valence-electron chi connectivity index (χ0n) is 21.3. The lowest BCUT2D eigenvalue weighted by Gasteiger charge is -2.27. The van der Waals surface area contributed by atoms with E-state index in [4.69, 9.17) is 9.47 Å². The number of carbonyl (C=O) groups is 2. The van der Waals surface area contributed by atoms with Gasteiger partial charge < -0.3 is 24.6 Å². The molecule has 1 aliphatic heterocycles. The summed E-state index contributed by atoms with van der Waals surface area (Å²) in [4.78, 5) is 29.7. The predicted molar refractivity (Wildman–Crippen MR) is 141 cm³/mol. The average molecular weight is 488 g/mol. The number of amides is 2. The number of anilines is 1. The summed E-state index contributed by atoms with van der Waals surface area (Å²) in [6.07, 6.45) is 1.29. The van der Waals surface area contributed by atoms with Crippen LogP contribution in [0.25, 0.3) is 0 Å². The molecule has 36 heavy (non-hydrogen) atoms. The molecule has 1 aliphatic rings. The number of hydrogen-bond acceptors (Lipinski definition) is 5. The van der Waals surface area contributed by atoms with Crippen molar-refractivity contribution in [1.29, 1.82) is 0 Å². The summed E-state index contributed by atoms with van der Waals surface area (Å²) in [5.74, 6) is 1.32. The highest BCUT2D eigenvalue weighted by Crippen LogP contribution is 2.34. The highest BCUT2D eigenvalue weighted by molar-refractivity contribution is 5.99. The van der Waals surface area contributed by atoms with Crippen LogP contribution in [-0.2, 0) is 6.42 Å². The molecule has 1 unspecified atom stereocenters. The number of hydrogen-bond donors (Lipinski definition) is 1. The van der Waals surface area contributed by atoms with Crippen molar-refractivity contribution in [3.8, 4) is 11.5 Å². The quantitative estimate of drug-likeness (QED) is 0.436. The van der Waals surface area contributed by atoms with E-state index in [9.17, 15) is 9.59 Å². The fourth-order valence-electron chi connectivity index (χ4n) is 4.55. The fraction of sp³-hybridized carbons (Fsp3) is 0.310. The zero-order chi connectivity index (χ0) is 25.7. The molecule has 0 bridgehead atoms. The second-order valence-electron chi connectivity index (χ2n) is 8.88. The van der Waals surface area contributed by atoms with Crippen molar-refractivity contribution in [2.75, 3.05) is 39.7 Å². The SMILES string of the molecule is CCCN1C(=O)c2ccccc2C1Nc1cccc(C(=O)N(C)CCc2ccc(OC)c(OC)c2)c1. The van der Waals surface area contributed by atoms with Crippen molar-refractivity contribution < 1.29 is 19.1 Å². The topological polar surface area (TPSA) is 71.1 Å². The summed E-state index contributed by atoms with van der Waals surface area (Å²) < 4.78 is 10.7. The molecule has 3 aromatic carbocycles. The van der Waals surface area contributed by atoms with Gasteiger partial charge in [0.2, 0.25) is 0 Å². The Kier molecular flexibility index (Phi) is 7.78. The first-order chi connectivity index (χ1) is 17.5. The molecule has 0 aromatic heterocycles. The molecular weight excluding hydrogens is 454 g/mol. The Balaban J connectivity index is 1.45. The van der Waals surface area contributed by atoms with E-state index in [1.54, 1.807) is 26.2 Å². The number of carbonyl (C=O) groups excluding carboxylic acids is 2. The number of likely N-dealkylation sites (N-methyl/N-ethyl adjacent to an activating group) is 1. The third kappa shape index (κ3) is 5.15. The van der Waals surface area contributed by atoms with E-state index in [0.29, 0.717) is 36.6 Å². The minimum absolute atomic E-state index is 0.0343. The first kappa shape index (κ1) is 25.1. The van der Waals surface area contributed by atoms with E-state index in [-0.39, 0.29) is 18.0 Å². The van der Waals surface area contributed by atoms with Crippen LogP contribution in [0.15, 0.2) is 66.7 Å². The molecule has 1 heterocycles. The Morgan fingerprint density at radius 1 is 1.00 bits per heavy atom. The van der Waals surface area contributed by atoms with Gasteiger partial charge in [-0.2, -0.15) is 0 Å². The summed E-state index contributed by atoms with van der Waals surface area (Å²) in [6, 6.07) is 20.9. The molecule has 0 aliphatic carbocycles. The van der Waals surface area contributed by atoms with Crippen molar-refractivity contribution in [2.24, 2.45) is 0 Å². The molecular formula is C29H33N3O4. The molecule has 1 atom stereocenters. The third-order valence-electron chi connectivity index (χ3n) is 6.47. The van der Waals surface area contributed by atoms with Gasteiger partial charge in [-0.05, 0) is 54.8 Å². The summed E-state index contributed by atoms with van der Waals surface area (Å²) in [7, 11) is 5.02. The van der Waals surface area contributed by atoms with E-state index < -0.39 is 0 Å². The number of fused-ring (bicyclic) bond motifs is 1. The van der Waals surface area contributed by atoms with Gasteiger partial charge in [-0.15, -0.1) is 0 Å². The second kappa shape index (κ2) is 11.2. The molecule has 1 N–H and O–H groups in total. The highest BCUT2D eigenvalue weighted by atomic mass is 16.5. The summed E-state index contributed by atoms with van der Waals surface area (Å²) in [5, 5.41) is 3.49. The van der Waals surface area contributed by atoms with Crippen LogP contribution in [0.3, 0.4) is 0 Å². The van der Waals surface area contributed by atoms with Crippen LogP contribution in [-0.4, -0.2) is 56.0 Å². The van der Waals surface area contributed by atoms with Gasteiger partial charge in [-0.3, -0.25) is 9.59 Å². The molecule has 7 nitrogen and oxygen atoms in total. The third-order valence-corrected chi connectivity index (χ3v) is 6.47. The summed E-state index contributed by atoms with van der Waals surface area (Å²) in [5.41, 5.74) is 4.13. The standard InChI is InChI=1S/C29H33N3O4/c1-5-16-32-27(23-11-6-7-12-24(23)29(32)34)30-22-10-8-9-21(19-22)28(33)31(2)17-15-20-13-14-25(35-3)26(18-20)36-4/h6-14,18-19,27,30H,5,15-17H2,1-4H3. The Bertz CT molecular complexity index is 1240. The van der Waals surface area contributed by atoms with Gasteiger partial charge in [-0.25, -0.2) is 0 Å². The van der Waals surface area contributed by atoms with E-state index in [1.807, 2.05) is 71.6 Å². The molecule has 2 amide bonds. The van der Waals surface area contributed by atoms with Crippen molar-refractivity contribution in [3.05, 3.63) is 89.0 Å². The van der Waals surface area contributed by atoms with E-state index in [2.05, 4.69) is 12.2 Å². The first-order valence-corrected chi connectivity index (χ1v) is 12.2. The number of nitrogens with one attached hydrogen (secondary N) is 1. The van der Waals surface area contributed by atoms with Crippen molar-refractivity contribution in [2.45, 2.75) is 25.9 Å². The molecule has 0 saturated heterocycles. The maximum Gasteiger partial charge on any atom is 0.256 e. The number of rotatable bonds is 10. The van der Waals surface area contributed by atoms with Crippen molar-refractivity contribution in [3.63, 3.8) is 0 Å². The maximum absolute atomic E-state index is 13.2. The highest BCUT2D eigenvalue weighted by Gasteiger charge is 2.35. The van der Waals surface area contributed by atoms with Crippen molar-refractivity contribution >= 4 is 17.5 Å². The Morgan fingerprint density at radius 3 is 2.53 bits per heavy atom. The maximum atomic E-state index is 13.2. The van der Waals surface area contributed by atoms with E-state index >= 15 is 0 Å². The molecule has 0 saturated carbocycles. The van der Waals surface area contributed by atoms with Gasteiger partial charge in [0.25, 0.3) is 11.8 Å². The largest absolute Gasteiger partial charge is 0.493 e. The van der Waals surface area contributed by atoms with Crippen LogP contribution in [0.2, 0.25) is 0 Å². The number of benzene rings is 3. The zero-order valence-corrected chi connectivity index (χ0v) is 21.3. The van der Waals surface area contributed by atoms with Gasteiger partial charge in [0.15, 0.2) is 11.5 Å². The van der Waals surface area contributed by atoms with Gasteiger partial charge in [0.05, 0.1) is 14.2 Å². The molecule has 188 valence electrons. The molecule has 0 spiro atoms. The number of ether oxygens (including phenoxy) is 2. The molecule has 0 radical (unpaired) electrons. The van der Waals surface area contributed by atoms with Gasteiger partial charge in [0.1, 0.15) is 6.17 Å². The number of nitrogens with zero attached hydrogens (tertiary/aromatic N) is 2. The van der Waals surface area contributed by atoms with Gasteiger partial charge >= 0.3 is 0 Å². The van der Waals surface area contributed by atoms with Crippen LogP contribution >= 0.6 is 0 Å².